The molecule has 7 nitrogen and oxygen atoms in total. The van der Waals surface area contributed by atoms with Gasteiger partial charge in [0.15, 0.2) is 0 Å². The van der Waals surface area contributed by atoms with Crippen molar-refractivity contribution in [3.8, 4) is 0 Å². The summed E-state index contributed by atoms with van der Waals surface area (Å²) in [4.78, 5) is 24.6. The van der Waals surface area contributed by atoms with Crippen LogP contribution in [-0.2, 0) is 6.54 Å². The minimum atomic E-state index is -0.444. The lowest BCUT2D eigenvalue weighted by Gasteiger charge is -2.17. The molecule has 0 N–H and O–H groups in total. The normalized spacial score (nSPS) is 10.7. The summed E-state index contributed by atoms with van der Waals surface area (Å²) in [6, 6.07) is 11.5. The molecule has 0 aliphatic carbocycles. The molecule has 3 aromatic rings. The predicted molar refractivity (Wildman–Crippen MR) is 86.3 cm³/mol. The van der Waals surface area contributed by atoms with Gasteiger partial charge >= 0.3 is 0 Å². The zero-order valence-electron chi connectivity index (χ0n) is 12.2. The molecule has 1 aromatic heterocycles. The van der Waals surface area contributed by atoms with Crippen LogP contribution in [0.5, 0.6) is 0 Å². The highest BCUT2D eigenvalue weighted by Crippen LogP contribution is 2.20. The Balaban J connectivity index is 1.84. The molecule has 1 heterocycles. The van der Waals surface area contributed by atoms with Gasteiger partial charge in [0.2, 0.25) is 0 Å². The highest BCUT2D eigenvalue weighted by atomic mass is 32.1. The number of carbonyl (C=O) groups is 1. The smallest absolute Gasteiger partial charge is 0.274 e. The molecule has 8 heteroatoms. The van der Waals surface area contributed by atoms with Crippen molar-refractivity contribution in [3.63, 3.8) is 0 Å². The number of nitro benzene ring substituents is 1. The summed E-state index contributed by atoms with van der Waals surface area (Å²) >= 11 is 1.09. The van der Waals surface area contributed by atoms with Gasteiger partial charge in [0, 0.05) is 24.2 Å². The third kappa shape index (κ3) is 3.02. The molecule has 0 spiro atoms. The van der Waals surface area contributed by atoms with E-state index < -0.39 is 4.92 Å². The van der Waals surface area contributed by atoms with Gasteiger partial charge in [-0.15, -0.1) is 0 Å². The second-order valence-electron chi connectivity index (χ2n) is 5.01. The van der Waals surface area contributed by atoms with Crippen LogP contribution in [0.1, 0.15) is 15.9 Å². The summed E-state index contributed by atoms with van der Waals surface area (Å²) < 4.78 is 8.21. The van der Waals surface area contributed by atoms with Gasteiger partial charge in [0.1, 0.15) is 11.0 Å². The molecule has 0 unspecified atom stereocenters. The van der Waals surface area contributed by atoms with E-state index in [-0.39, 0.29) is 18.1 Å². The summed E-state index contributed by atoms with van der Waals surface area (Å²) in [5.74, 6) is -0.224. The number of nitrogens with zero attached hydrogens (tertiary/aromatic N) is 4. The van der Waals surface area contributed by atoms with Gasteiger partial charge in [-0.1, -0.05) is 18.2 Å². The highest BCUT2D eigenvalue weighted by Gasteiger charge is 2.18. The van der Waals surface area contributed by atoms with Crippen molar-refractivity contribution in [1.82, 2.24) is 13.6 Å². The number of fused-ring (bicyclic) bond motifs is 1. The third-order valence-electron chi connectivity index (χ3n) is 3.44. The van der Waals surface area contributed by atoms with E-state index >= 15 is 0 Å². The van der Waals surface area contributed by atoms with Crippen LogP contribution in [0.15, 0.2) is 42.5 Å². The van der Waals surface area contributed by atoms with Crippen molar-refractivity contribution in [2.24, 2.45) is 0 Å². The molecule has 23 heavy (non-hydrogen) atoms. The van der Waals surface area contributed by atoms with Gasteiger partial charge in [-0.25, -0.2) is 0 Å². The minimum Gasteiger partial charge on any atom is -0.337 e. The first-order chi connectivity index (χ1) is 11.1. The standard InChI is InChI=1S/C15H12N4O3S/c1-18(9-11-4-2-3-5-14(11)19(21)22)15(20)10-6-7-12-13(8-10)17-23-16-12/h2-8H,9H2,1H3. The molecule has 3 rings (SSSR count). The van der Waals surface area contributed by atoms with Gasteiger partial charge in [-0.05, 0) is 18.2 Å². The van der Waals surface area contributed by atoms with Gasteiger partial charge in [0.25, 0.3) is 11.6 Å². The molecular formula is C15H12N4O3S. The maximum Gasteiger partial charge on any atom is 0.274 e. The molecule has 0 saturated carbocycles. The molecule has 0 radical (unpaired) electrons. The van der Waals surface area contributed by atoms with Crippen LogP contribution in [0.4, 0.5) is 5.69 Å². The highest BCUT2D eigenvalue weighted by molar-refractivity contribution is 7.00. The summed E-state index contributed by atoms with van der Waals surface area (Å²) in [5, 5.41) is 11.0. The van der Waals surface area contributed by atoms with Crippen LogP contribution in [0.3, 0.4) is 0 Å². The van der Waals surface area contributed by atoms with Crippen molar-refractivity contribution < 1.29 is 9.72 Å². The van der Waals surface area contributed by atoms with Crippen LogP contribution >= 0.6 is 11.7 Å². The average Bonchev–Trinajstić information content (AvgIpc) is 3.01. The number of carbonyl (C=O) groups excluding carboxylic acids is 1. The molecule has 0 aliphatic heterocycles. The van der Waals surface area contributed by atoms with Gasteiger partial charge in [0.05, 0.1) is 23.2 Å². The van der Waals surface area contributed by atoms with Crippen molar-refractivity contribution in [2.75, 3.05) is 7.05 Å². The quantitative estimate of drug-likeness (QED) is 0.542. The summed E-state index contributed by atoms with van der Waals surface area (Å²) in [7, 11) is 1.61. The van der Waals surface area contributed by atoms with Crippen LogP contribution < -0.4 is 0 Å². The summed E-state index contributed by atoms with van der Waals surface area (Å²) in [6.45, 7) is 0.156. The molecule has 0 fully saturated rings. The van der Waals surface area contributed by atoms with Crippen LogP contribution in [0.2, 0.25) is 0 Å². The lowest BCUT2D eigenvalue weighted by atomic mass is 10.1. The topological polar surface area (TPSA) is 89.2 Å². The number of hydrogen-bond acceptors (Lipinski definition) is 6. The minimum absolute atomic E-state index is 0.00584. The van der Waals surface area contributed by atoms with E-state index in [9.17, 15) is 14.9 Å². The second-order valence-corrected chi connectivity index (χ2v) is 5.54. The van der Waals surface area contributed by atoms with Gasteiger partial charge in [-0.2, -0.15) is 8.75 Å². The fourth-order valence-electron chi connectivity index (χ4n) is 2.29. The molecule has 1 amide bonds. The first-order valence-electron chi connectivity index (χ1n) is 6.76. The van der Waals surface area contributed by atoms with Gasteiger partial charge < -0.3 is 4.90 Å². The fraction of sp³-hybridized carbons (Fsp3) is 0.133. The number of rotatable bonds is 4. The van der Waals surface area contributed by atoms with E-state index in [4.69, 9.17) is 0 Å². The van der Waals surface area contributed by atoms with E-state index in [1.807, 2.05) is 0 Å². The SMILES string of the molecule is CN(Cc1ccccc1[N+](=O)[O-])C(=O)c1ccc2nsnc2c1. The monoisotopic (exact) mass is 328 g/mol. The van der Waals surface area contributed by atoms with Crippen molar-refractivity contribution >= 4 is 34.4 Å². The summed E-state index contributed by atoms with van der Waals surface area (Å²) in [6.07, 6.45) is 0. The van der Waals surface area contributed by atoms with Crippen LogP contribution in [-0.4, -0.2) is 31.5 Å². The molecule has 0 bridgehead atoms. The van der Waals surface area contributed by atoms with E-state index in [1.54, 1.807) is 43.4 Å². The Morgan fingerprint density at radius 2 is 1.96 bits per heavy atom. The van der Waals surface area contributed by atoms with E-state index in [1.165, 1.54) is 11.0 Å². The number of hydrogen-bond donors (Lipinski definition) is 0. The van der Waals surface area contributed by atoms with E-state index in [0.717, 1.165) is 17.2 Å². The van der Waals surface area contributed by atoms with Crippen molar-refractivity contribution in [3.05, 3.63) is 63.7 Å². The Hall–Kier alpha value is -2.87. The predicted octanol–water partition coefficient (Wildman–Crippen LogP) is 2.87. The maximum absolute atomic E-state index is 12.5. The maximum atomic E-state index is 12.5. The summed E-state index contributed by atoms with van der Waals surface area (Å²) in [5.41, 5.74) is 2.38. The lowest BCUT2D eigenvalue weighted by molar-refractivity contribution is -0.385. The van der Waals surface area contributed by atoms with E-state index in [2.05, 4.69) is 8.75 Å². The van der Waals surface area contributed by atoms with Crippen molar-refractivity contribution in [1.29, 1.82) is 0 Å². The largest absolute Gasteiger partial charge is 0.337 e. The Kier molecular flexibility index (Phi) is 3.98. The number of benzene rings is 2. The average molecular weight is 328 g/mol. The Labute approximate surface area is 135 Å². The Morgan fingerprint density at radius 1 is 1.22 bits per heavy atom. The van der Waals surface area contributed by atoms with Crippen molar-refractivity contribution in [2.45, 2.75) is 6.54 Å². The first-order valence-corrected chi connectivity index (χ1v) is 7.49. The molecular weight excluding hydrogens is 316 g/mol. The van der Waals surface area contributed by atoms with Crippen LogP contribution in [0.25, 0.3) is 11.0 Å². The Bertz CT molecular complexity index is 893. The zero-order valence-corrected chi connectivity index (χ0v) is 13.0. The molecule has 0 aliphatic rings. The second kappa shape index (κ2) is 6.09. The molecule has 2 aromatic carbocycles. The first kappa shape index (κ1) is 15.0. The third-order valence-corrected chi connectivity index (χ3v) is 4.00. The van der Waals surface area contributed by atoms with E-state index in [0.29, 0.717) is 16.6 Å². The number of aromatic nitrogens is 2. The molecule has 116 valence electrons. The zero-order chi connectivity index (χ0) is 16.4. The number of nitro groups is 1. The fourth-order valence-corrected chi connectivity index (χ4v) is 2.80. The molecule has 0 saturated heterocycles. The number of amides is 1. The van der Waals surface area contributed by atoms with Crippen LogP contribution in [0, 0.1) is 10.1 Å². The lowest BCUT2D eigenvalue weighted by Crippen LogP contribution is -2.26. The van der Waals surface area contributed by atoms with Gasteiger partial charge in [-0.3, -0.25) is 14.9 Å². The molecule has 0 atom stereocenters. The number of para-hydroxylation sites is 1. The Morgan fingerprint density at radius 3 is 2.74 bits per heavy atom.